The van der Waals surface area contributed by atoms with Crippen LogP contribution in [-0.4, -0.2) is 25.4 Å². The minimum atomic E-state index is -0.498. The van der Waals surface area contributed by atoms with E-state index in [0.29, 0.717) is 18.0 Å². The molecular weight excluding hydrogens is 220 g/mol. The Bertz CT molecular complexity index is 349. The fraction of sp³-hybridized carbons (Fsp3) is 0.417. The number of carbonyl (C=O) groups is 1. The van der Waals surface area contributed by atoms with Crippen LogP contribution in [0.15, 0.2) is 24.3 Å². The van der Waals surface area contributed by atoms with Gasteiger partial charge < -0.3 is 15.2 Å². The highest BCUT2D eigenvalue weighted by molar-refractivity contribution is 5.84. The van der Waals surface area contributed by atoms with Gasteiger partial charge in [0.05, 0.1) is 12.7 Å². The van der Waals surface area contributed by atoms with Crippen LogP contribution in [-0.2, 0) is 9.47 Å². The molecule has 5 nitrogen and oxygen atoms in total. The smallest absolute Gasteiger partial charge is 0.411 e. The van der Waals surface area contributed by atoms with Crippen molar-refractivity contribution in [1.82, 2.24) is 0 Å². The third-order valence-corrected chi connectivity index (χ3v) is 1.92. The fourth-order valence-corrected chi connectivity index (χ4v) is 1.14. The maximum Gasteiger partial charge on any atom is 0.411 e. The van der Waals surface area contributed by atoms with E-state index >= 15 is 0 Å². The molecule has 1 rings (SSSR count). The van der Waals surface area contributed by atoms with E-state index in [0.717, 1.165) is 0 Å². The van der Waals surface area contributed by atoms with Crippen LogP contribution in [0.1, 0.15) is 13.8 Å². The van der Waals surface area contributed by atoms with Crippen LogP contribution in [0.25, 0.3) is 0 Å². The molecule has 0 spiro atoms. The molecular formula is C12H18N2O3. The van der Waals surface area contributed by atoms with Gasteiger partial charge in [0, 0.05) is 11.4 Å². The van der Waals surface area contributed by atoms with E-state index in [-0.39, 0.29) is 12.7 Å². The van der Waals surface area contributed by atoms with Crippen molar-refractivity contribution in [2.45, 2.75) is 20.0 Å². The molecule has 1 aromatic rings. The summed E-state index contributed by atoms with van der Waals surface area (Å²) < 4.78 is 10.2. The molecule has 0 saturated carbocycles. The maximum absolute atomic E-state index is 11.3. The van der Waals surface area contributed by atoms with Gasteiger partial charge in [0.2, 0.25) is 0 Å². The summed E-state index contributed by atoms with van der Waals surface area (Å²) in [5.74, 6) is 0. The normalized spacial score (nSPS) is 10.3. The molecule has 0 bridgehead atoms. The number of nitrogen functional groups attached to an aromatic ring is 1. The number of nitrogens with two attached hydrogens (primary N) is 1. The molecule has 1 amide bonds. The first-order chi connectivity index (χ1) is 8.08. The maximum atomic E-state index is 11.3. The van der Waals surface area contributed by atoms with Gasteiger partial charge in [-0.1, -0.05) is 0 Å². The molecule has 1 aromatic carbocycles. The van der Waals surface area contributed by atoms with Gasteiger partial charge in [0.25, 0.3) is 0 Å². The molecule has 0 fully saturated rings. The molecule has 0 aromatic heterocycles. The van der Waals surface area contributed by atoms with Gasteiger partial charge in [0.1, 0.15) is 6.61 Å². The Morgan fingerprint density at radius 3 is 2.53 bits per heavy atom. The molecule has 0 aliphatic carbocycles. The average Bonchev–Trinajstić information content (AvgIpc) is 2.27. The van der Waals surface area contributed by atoms with Crippen LogP contribution >= 0.6 is 0 Å². The van der Waals surface area contributed by atoms with Crippen molar-refractivity contribution in [3.63, 3.8) is 0 Å². The van der Waals surface area contributed by atoms with E-state index in [1.54, 1.807) is 24.3 Å². The van der Waals surface area contributed by atoms with Gasteiger partial charge in [-0.15, -0.1) is 0 Å². The fourth-order valence-electron chi connectivity index (χ4n) is 1.14. The number of amides is 1. The van der Waals surface area contributed by atoms with E-state index in [2.05, 4.69) is 5.32 Å². The summed E-state index contributed by atoms with van der Waals surface area (Å²) in [6.07, 6.45) is -0.360. The zero-order valence-corrected chi connectivity index (χ0v) is 10.1. The molecule has 3 N–H and O–H groups in total. The second kappa shape index (κ2) is 6.75. The van der Waals surface area contributed by atoms with E-state index in [9.17, 15) is 4.79 Å². The molecule has 0 unspecified atom stereocenters. The topological polar surface area (TPSA) is 73.6 Å². The lowest BCUT2D eigenvalue weighted by molar-refractivity contribution is 0.0427. The number of hydrogen-bond acceptors (Lipinski definition) is 4. The summed E-state index contributed by atoms with van der Waals surface area (Å²) in [5.41, 5.74) is 6.82. The van der Waals surface area contributed by atoms with Crippen LogP contribution in [0.4, 0.5) is 16.2 Å². The largest absolute Gasteiger partial charge is 0.447 e. The Balaban J connectivity index is 2.23. The quantitative estimate of drug-likeness (QED) is 0.609. The summed E-state index contributed by atoms with van der Waals surface area (Å²) in [4.78, 5) is 11.3. The summed E-state index contributed by atoms with van der Waals surface area (Å²) in [6, 6.07) is 6.83. The highest BCUT2D eigenvalue weighted by atomic mass is 16.6. The molecule has 0 atom stereocenters. The van der Waals surface area contributed by atoms with Crippen LogP contribution in [0.2, 0.25) is 0 Å². The molecule has 0 heterocycles. The number of rotatable bonds is 5. The second-order valence-corrected chi connectivity index (χ2v) is 3.80. The summed E-state index contributed by atoms with van der Waals surface area (Å²) in [5, 5.41) is 2.58. The standard InChI is InChI=1S/C12H18N2O3/c1-9(2)16-7-8-17-12(15)14-11-5-3-10(13)4-6-11/h3-6,9H,7-8,13H2,1-2H3,(H,14,15). The van der Waals surface area contributed by atoms with Crippen molar-refractivity contribution in [3.8, 4) is 0 Å². The van der Waals surface area contributed by atoms with Crippen LogP contribution in [0.3, 0.4) is 0 Å². The highest BCUT2D eigenvalue weighted by Gasteiger charge is 2.02. The van der Waals surface area contributed by atoms with Crippen LogP contribution < -0.4 is 11.1 Å². The van der Waals surface area contributed by atoms with Crippen molar-refractivity contribution in [2.24, 2.45) is 0 Å². The number of anilines is 2. The minimum Gasteiger partial charge on any atom is -0.447 e. The zero-order valence-electron chi connectivity index (χ0n) is 10.1. The van der Waals surface area contributed by atoms with Crippen molar-refractivity contribution in [2.75, 3.05) is 24.3 Å². The van der Waals surface area contributed by atoms with Crippen molar-refractivity contribution >= 4 is 17.5 Å². The van der Waals surface area contributed by atoms with E-state index in [4.69, 9.17) is 15.2 Å². The summed E-state index contributed by atoms with van der Waals surface area (Å²) in [6.45, 7) is 4.48. The number of benzene rings is 1. The SMILES string of the molecule is CC(C)OCCOC(=O)Nc1ccc(N)cc1. The Kier molecular flexibility index (Phi) is 5.29. The van der Waals surface area contributed by atoms with E-state index in [1.165, 1.54) is 0 Å². The number of hydrogen-bond donors (Lipinski definition) is 2. The van der Waals surface area contributed by atoms with E-state index < -0.39 is 6.09 Å². The molecule has 94 valence electrons. The molecule has 17 heavy (non-hydrogen) atoms. The number of nitrogens with one attached hydrogen (secondary N) is 1. The first kappa shape index (κ1) is 13.3. The van der Waals surface area contributed by atoms with Gasteiger partial charge in [-0.25, -0.2) is 4.79 Å². The highest BCUT2D eigenvalue weighted by Crippen LogP contribution is 2.10. The predicted octanol–water partition coefficient (Wildman–Crippen LogP) is 2.24. The Hall–Kier alpha value is -1.75. The third kappa shape index (κ3) is 5.77. The lowest BCUT2D eigenvalue weighted by Gasteiger charge is -2.09. The van der Waals surface area contributed by atoms with Gasteiger partial charge in [-0.2, -0.15) is 0 Å². The Morgan fingerprint density at radius 2 is 1.94 bits per heavy atom. The molecule has 0 aliphatic heterocycles. The summed E-state index contributed by atoms with van der Waals surface area (Å²) >= 11 is 0. The van der Waals surface area contributed by atoms with Crippen LogP contribution in [0.5, 0.6) is 0 Å². The number of carbonyl (C=O) groups excluding carboxylic acids is 1. The first-order valence-corrected chi connectivity index (χ1v) is 5.49. The number of ether oxygens (including phenoxy) is 2. The lowest BCUT2D eigenvalue weighted by atomic mass is 10.3. The van der Waals surface area contributed by atoms with Gasteiger partial charge in [0.15, 0.2) is 0 Å². The average molecular weight is 238 g/mol. The minimum absolute atomic E-state index is 0.138. The third-order valence-electron chi connectivity index (χ3n) is 1.92. The predicted molar refractivity (Wildman–Crippen MR) is 66.9 cm³/mol. The van der Waals surface area contributed by atoms with Gasteiger partial charge >= 0.3 is 6.09 Å². The van der Waals surface area contributed by atoms with Gasteiger partial charge in [-0.3, -0.25) is 5.32 Å². The molecule has 0 radical (unpaired) electrons. The second-order valence-electron chi connectivity index (χ2n) is 3.80. The summed E-state index contributed by atoms with van der Waals surface area (Å²) in [7, 11) is 0. The van der Waals surface area contributed by atoms with E-state index in [1.807, 2.05) is 13.8 Å². The molecule has 5 heteroatoms. The van der Waals surface area contributed by atoms with Crippen LogP contribution in [0, 0.1) is 0 Å². The van der Waals surface area contributed by atoms with Gasteiger partial charge in [-0.05, 0) is 38.1 Å². The zero-order chi connectivity index (χ0) is 12.7. The lowest BCUT2D eigenvalue weighted by Crippen LogP contribution is -2.18. The Labute approximate surface area is 101 Å². The monoisotopic (exact) mass is 238 g/mol. The molecule has 0 saturated heterocycles. The first-order valence-electron chi connectivity index (χ1n) is 5.49. The van der Waals surface area contributed by atoms with Crippen molar-refractivity contribution < 1.29 is 14.3 Å². The van der Waals surface area contributed by atoms with Crippen molar-refractivity contribution in [1.29, 1.82) is 0 Å². The van der Waals surface area contributed by atoms with Crippen molar-refractivity contribution in [3.05, 3.63) is 24.3 Å². The molecule has 0 aliphatic rings. The Morgan fingerprint density at radius 1 is 1.29 bits per heavy atom.